The molecule has 1 aromatic carbocycles. The van der Waals surface area contributed by atoms with Gasteiger partial charge in [-0.25, -0.2) is 0 Å². The lowest BCUT2D eigenvalue weighted by Crippen LogP contribution is -2.39. The Bertz CT molecular complexity index is 380. The molecule has 1 aliphatic heterocycles. The van der Waals surface area contributed by atoms with Crippen molar-refractivity contribution in [2.45, 2.75) is 19.4 Å². The lowest BCUT2D eigenvalue weighted by molar-refractivity contribution is 0.199. The largest absolute Gasteiger partial charge is 0.485 e. The van der Waals surface area contributed by atoms with Crippen molar-refractivity contribution in [3.8, 4) is 18.1 Å². The summed E-state index contributed by atoms with van der Waals surface area (Å²) >= 11 is 0. The van der Waals surface area contributed by atoms with Crippen LogP contribution < -0.4 is 9.64 Å². The van der Waals surface area contributed by atoms with Crippen LogP contribution in [0.15, 0.2) is 24.3 Å². The molecular formula is C13H15NO. The van der Waals surface area contributed by atoms with Gasteiger partial charge in [-0.3, -0.25) is 0 Å². The third-order valence-electron chi connectivity index (χ3n) is 2.65. The minimum atomic E-state index is 0.129. The number of nitrogens with zero attached hydrogens (tertiary/aromatic N) is 1. The van der Waals surface area contributed by atoms with Crippen LogP contribution in [0.3, 0.4) is 0 Å². The van der Waals surface area contributed by atoms with Gasteiger partial charge in [-0.2, -0.15) is 0 Å². The van der Waals surface area contributed by atoms with Crippen molar-refractivity contribution in [2.75, 3.05) is 18.0 Å². The summed E-state index contributed by atoms with van der Waals surface area (Å²) in [5.74, 6) is 3.61. The maximum atomic E-state index is 5.82. The molecule has 0 saturated heterocycles. The summed E-state index contributed by atoms with van der Waals surface area (Å²) in [5.41, 5.74) is 1.17. The Morgan fingerprint density at radius 2 is 2.33 bits per heavy atom. The Morgan fingerprint density at radius 3 is 3.07 bits per heavy atom. The molecule has 2 nitrogen and oxygen atoms in total. The maximum absolute atomic E-state index is 5.82. The number of hydrogen-bond donors (Lipinski definition) is 0. The van der Waals surface area contributed by atoms with E-state index in [2.05, 4.69) is 23.8 Å². The lowest BCUT2D eigenvalue weighted by atomic mass is 10.1. The SMILES string of the molecule is C#CCC1CN(CC)c2ccccc2O1. The molecule has 1 aromatic rings. The molecule has 1 unspecified atom stereocenters. The van der Waals surface area contributed by atoms with Crippen LogP contribution in [0.2, 0.25) is 0 Å². The summed E-state index contributed by atoms with van der Waals surface area (Å²) in [7, 11) is 0. The number of para-hydroxylation sites is 2. The quantitative estimate of drug-likeness (QED) is 0.681. The first-order chi connectivity index (χ1) is 7.35. The van der Waals surface area contributed by atoms with E-state index in [1.807, 2.05) is 18.2 Å². The van der Waals surface area contributed by atoms with Crippen molar-refractivity contribution in [3.05, 3.63) is 24.3 Å². The van der Waals surface area contributed by atoms with Gasteiger partial charge in [0.15, 0.2) is 0 Å². The van der Waals surface area contributed by atoms with Crippen molar-refractivity contribution in [2.24, 2.45) is 0 Å². The van der Waals surface area contributed by atoms with Crippen LogP contribution in [0.1, 0.15) is 13.3 Å². The first kappa shape index (κ1) is 9.92. The molecule has 1 aliphatic rings. The highest BCUT2D eigenvalue weighted by Crippen LogP contribution is 2.33. The Morgan fingerprint density at radius 1 is 1.53 bits per heavy atom. The lowest BCUT2D eigenvalue weighted by Gasteiger charge is -2.35. The van der Waals surface area contributed by atoms with Crippen LogP contribution >= 0.6 is 0 Å². The molecule has 78 valence electrons. The van der Waals surface area contributed by atoms with Gasteiger partial charge in [0.1, 0.15) is 11.9 Å². The van der Waals surface area contributed by atoms with E-state index in [9.17, 15) is 0 Å². The molecule has 1 atom stereocenters. The average Bonchev–Trinajstić information content (AvgIpc) is 2.28. The van der Waals surface area contributed by atoms with E-state index in [0.717, 1.165) is 18.8 Å². The predicted octanol–water partition coefficient (Wildman–Crippen LogP) is 2.30. The summed E-state index contributed by atoms with van der Waals surface area (Å²) in [6.07, 6.45) is 6.12. The second-order valence-electron chi connectivity index (χ2n) is 3.65. The van der Waals surface area contributed by atoms with Crippen LogP contribution in [0.4, 0.5) is 5.69 Å². The summed E-state index contributed by atoms with van der Waals surface area (Å²) in [5, 5.41) is 0. The second kappa shape index (κ2) is 4.27. The smallest absolute Gasteiger partial charge is 0.143 e. The molecule has 0 aromatic heterocycles. The Labute approximate surface area is 90.9 Å². The van der Waals surface area contributed by atoms with Crippen LogP contribution in [0.25, 0.3) is 0 Å². The molecule has 2 rings (SSSR count). The van der Waals surface area contributed by atoms with Crippen LogP contribution in [-0.4, -0.2) is 19.2 Å². The second-order valence-corrected chi connectivity index (χ2v) is 3.65. The number of ether oxygens (including phenoxy) is 1. The topological polar surface area (TPSA) is 12.5 Å². The van der Waals surface area contributed by atoms with Gasteiger partial charge in [-0.1, -0.05) is 12.1 Å². The number of hydrogen-bond acceptors (Lipinski definition) is 2. The highest BCUT2D eigenvalue weighted by atomic mass is 16.5. The van der Waals surface area contributed by atoms with Gasteiger partial charge < -0.3 is 9.64 Å². The third kappa shape index (κ3) is 1.92. The molecule has 0 N–H and O–H groups in total. The summed E-state index contributed by atoms with van der Waals surface area (Å²) in [4.78, 5) is 2.31. The predicted molar refractivity (Wildman–Crippen MR) is 62.2 cm³/mol. The Hall–Kier alpha value is -1.62. The average molecular weight is 201 g/mol. The molecule has 0 spiro atoms. The minimum Gasteiger partial charge on any atom is -0.485 e. The van der Waals surface area contributed by atoms with Gasteiger partial charge in [0, 0.05) is 13.0 Å². The number of anilines is 1. The molecule has 15 heavy (non-hydrogen) atoms. The highest BCUT2D eigenvalue weighted by Gasteiger charge is 2.23. The van der Waals surface area contributed by atoms with E-state index < -0.39 is 0 Å². The van der Waals surface area contributed by atoms with Gasteiger partial charge in [0.25, 0.3) is 0 Å². The normalized spacial score (nSPS) is 18.9. The molecule has 0 radical (unpaired) electrons. The number of rotatable bonds is 2. The standard InChI is InChI=1S/C13H15NO/c1-3-7-11-10-14(4-2)12-8-5-6-9-13(12)15-11/h1,5-6,8-9,11H,4,7,10H2,2H3. The number of terminal acetylenes is 1. The number of benzene rings is 1. The van der Waals surface area contributed by atoms with Crippen molar-refractivity contribution in [1.29, 1.82) is 0 Å². The zero-order valence-electron chi connectivity index (χ0n) is 8.94. The minimum absolute atomic E-state index is 0.129. The zero-order valence-corrected chi connectivity index (χ0v) is 8.94. The molecule has 1 heterocycles. The molecule has 0 amide bonds. The fourth-order valence-corrected chi connectivity index (χ4v) is 1.92. The van der Waals surface area contributed by atoms with E-state index in [0.29, 0.717) is 6.42 Å². The monoisotopic (exact) mass is 201 g/mol. The summed E-state index contributed by atoms with van der Waals surface area (Å²) < 4.78 is 5.82. The maximum Gasteiger partial charge on any atom is 0.143 e. The van der Waals surface area contributed by atoms with E-state index in [-0.39, 0.29) is 6.10 Å². The van der Waals surface area contributed by atoms with E-state index in [1.165, 1.54) is 5.69 Å². The van der Waals surface area contributed by atoms with Gasteiger partial charge >= 0.3 is 0 Å². The van der Waals surface area contributed by atoms with Crippen molar-refractivity contribution >= 4 is 5.69 Å². The molecule has 2 heteroatoms. The fourth-order valence-electron chi connectivity index (χ4n) is 1.92. The van der Waals surface area contributed by atoms with E-state index in [4.69, 9.17) is 11.2 Å². The number of likely N-dealkylation sites (N-methyl/N-ethyl adjacent to an activating group) is 1. The molecule has 0 aliphatic carbocycles. The third-order valence-corrected chi connectivity index (χ3v) is 2.65. The van der Waals surface area contributed by atoms with Crippen molar-refractivity contribution in [1.82, 2.24) is 0 Å². The summed E-state index contributed by atoms with van der Waals surface area (Å²) in [6.45, 7) is 4.02. The van der Waals surface area contributed by atoms with E-state index in [1.54, 1.807) is 0 Å². The van der Waals surface area contributed by atoms with Crippen LogP contribution in [0.5, 0.6) is 5.75 Å². The highest BCUT2D eigenvalue weighted by molar-refractivity contribution is 5.60. The zero-order chi connectivity index (χ0) is 10.7. The van der Waals surface area contributed by atoms with Gasteiger partial charge in [-0.05, 0) is 19.1 Å². The van der Waals surface area contributed by atoms with Gasteiger partial charge in [-0.15, -0.1) is 12.3 Å². The fraction of sp³-hybridized carbons (Fsp3) is 0.385. The first-order valence-electron chi connectivity index (χ1n) is 5.29. The molecule has 0 fully saturated rings. The Balaban J connectivity index is 2.26. The van der Waals surface area contributed by atoms with Gasteiger partial charge in [0.2, 0.25) is 0 Å². The van der Waals surface area contributed by atoms with Crippen LogP contribution in [-0.2, 0) is 0 Å². The first-order valence-corrected chi connectivity index (χ1v) is 5.29. The van der Waals surface area contributed by atoms with Gasteiger partial charge in [0.05, 0.1) is 12.2 Å². The summed E-state index contributed by atoms with van der Waals surface area (Å²) in [6, 6.07) is 8.11. The number of fused-ring (bicyclic) bond motifs is 1. The molecule has 0 saturated carbocycles. The molecule has 0 bridgehead atoms. The van der Waals surface area contributed by atoms with Crippen molar-refractivity contribution in [3.63, 3.8) is 0 Å². The van der Waals surface area contributed by atoms with E-state index >= 15 is 0 Å². The molecular weight excluding hydrogens is 186 g/mol. The Kier molecular flexibility index (Phi) is 2.82. The van der Waals surface area contributed by atoms with Crippen LogP contribution in [0, 0.1) is 12.3 Å². The van der Waals surface area contributed by atoms with Crippen molar-refractivity contribution < 1.29 is 4.74 Å².